The topological polar surface area (TPSA) is 146 Å². The van der Waals surface area contributed by atoms with Crippen molar-refractivity contribution >= 4 is 23.6 Å². The quantitative estimate of drug-likeness (QED) is 0.117. The van der Waals surface area contributed by atoms with E-state index in [1.807, 2.05) is 18.2 Å². The van der Waals surface area contributed by atoms with E-state index in [4.69, 9.17) is 9.57 Å². The number of likely N-dealkylation sites (N-methyl/N-ethyl adjacent to an activating group) is 1. The van der Waals surface area contributed by atoms with Gasteiger partial charge in [0.15, 0.2) is 5.69 Å². The van der Waals surface area contributed by atoms with Gasteiger partial charge in [0.25, 0.3) is 5.91 Å². The molecule has 1 heterocycles. The summed E-state index contributed by atoms with van der Waals surface area (Å²) in [6, 6.07) is 11.5. The lowest BCUT2D eigenvalue weighted by Gasteiger charge is -2.25. The van der Waals surface area contributed by atoms with Gasteiger partial charge in [-0.05, 0) is 66.6 Å². The lowest BCUT2D eigenvalue weighted by atomic mass is 10.1. The molecular formula is C31H44N3O8+. The van der Waals surface area contributed by atoms with Gasteiger partial charge in [-0.1, -0.05) is 31.0 Å². The van der Waals surface area contributed by atoms with E-state index in [9.17, 15) is 29.7 Å². The molecule has 2 atom stereocenters. The van der Waals surface area contributed by atoms with Crippen molar-refractivity contribution in [2.45, 2.75) is 64.6 Å². The Labute approximate surface area is 247 Å². The van der Waals surface area contributed by atoms with Crippen molar-refractivity contribution in [2.75, 3.05) is 39.9 Å². The van der Waals surface area contributed by atoms with Crippen LogP contribution in [0.3, 0.4) is 0 Å². The highest BCUT2D eigenvalue weighted by Gasteiger charge is 2.57. The Morgan fingerprint density at radius 3 is 2.48 bits per heavy atom. The number of phenols is 1. The number of nitrogens with zero attached hydrogens (tertiary/aromatic N) is 2. The van der Waals surface area contributed by atoms with Crippen LogP contribution in [0.1, 0.15) is 68.2 Å². The minimum Gasteiger partial charge on any atom is -0.508 e. The number of ether oxygens (including phenoxy) is 1. The van der Waals surface area contributed by atoms with E-state index < -0.39 is 28.7 Å². The number of imide groups is 1. The number of aliphatic hydroxyl groups is 2. The van der Waals surface area contributed by atoms with Gasteiger partial charge in [0.1, 0.15) is 5.75 Å². The minimum absolute atomic E-state index is 0.0233. The summed E-state index contributed by atoms with van der Waals surface area (Å²) in [5, 5.41) is 32.4. The van der Waals surface area contributed by atoms with Crippen LogP contribution in [0, 0.1) is 0 Å². The third kappa shape index (κ3) is 9.07. The van der Waals surface area contributed by atoms with Crippen molar-refractivity contribution in [1.29, 1.82) is 0 Å². The molecule has 0 aromatic heterocycles. The van der Waals surface area contributed by atoms with E-state index in [0.717, 1.165) is 62.0 Å². The summed E-state index contributed by atoms with van der Waals surface area (Å²) in [4.78, 5) is 43.1. The second kappa shape index (κ2) is 16.3. The van der Waals surface area contributed by atoms with E-state index in [-0.39, 0.29) is 18.9 Å². The molecule has 11 nitrogen and oxygen atoms in total. The molecule has 2 aromatic rings. The van der Waals surface area contributed by atoms with Gasteiger partial charge < -0.3 is 25.4 Å². The van der Waals surface area contributed by atoms with Gasteiger partial charge in [-0.25, -0.2) is 14.5 Å². The van der Waals surface area contributed by atoms with Crippen molar-refractivity contribution < 1.29 is 39.3 Å². The first-order chi connectivity index (χ1) is 20.2. The Balaban J connectivity index is 1.25. The number of hydrogen-bond acceptors (Lipinski definition) is 9. The third-order valence-corrected chi connectivity index (χ3v) is 7.33. The fraction of sp³-hybridized carbons (Fsp3) is 0.516. The van der Waals surface area contributed by atoms with Crippen molar-refractivity contribution in [1.82, 2.24) is 14.9 Å². The summed E-state index contributed by atoms with van der Waals surface area (Å²) in [5.41, 5.74) is 2.51. The fourth-order valence-corrected chi connectivity index (χ4v) is 4.93. The summed E-state index contributed by atoms with van der Waals surface area (Å²) >= 11 is 0. The number of benzene rings is 2. The number of aryl methyl sites for hydroxylation is 1. The smallest absolute Gasteiger partial charge is 0.473 e. The Hall–Kier alpha value is -3.35. The maximum atomic E-state index is 12.8. The van der Waals surface area contributed by atoms with E-state index in [1.54, 1.807) is 18.2 Å². The number of hydroxylamine groups is 2. The van der Waals surface area contributed by atoms with Crippen molar-refractivity contribution in [3.8, 4) is 5.75 Å². The average Bonchev–Trinajstić information content (AvgIpc) is 3.19. The molecule has 0 spiro atoms. The van der Waals surface area contributed by atoms with Gasteiger partial charge in [0.05, 0.1) is 12.7 Å². The number of carbonyl (C=O) groups is 3. The van der Waals surface area contributed by atoms with Crippen LogP contribution in [0.5, 0.6) is 5.75 Å². The van der Waals surface area contributed by atoms with Crippen molar-refractivity contribution in [3.63, 3.8) is 0 Å². The molecule has 3 amide bonds. The maximum Gasteiger partial charge on any atom is 0.473 e. The molecule has 0 bridgehead atoms. The lowest BCUT2D eigenvalue weighted by Crippen LogP contribution is -2.52. The highest BCUT2D eigenvalue weighted by molar-refractivity contribution is 6.08. The first kappa shape index (κ1) is 33.2. The molecule has 1 fully saturated rings. The highest BCUT2D eigenvalue weighted by atomic mass is 16.8. The molecule has 1 saturated heterocycles. The van der Waals surface area contributed by atoms with E-state index in [2.05, 4.69) is 5.32 Å². The number of unbranched alkanes of at least 4 members (excludes halogenated alkanes) is 4. The summed E-state index contributed by atoms with van der Waals surface area (Å²) in [6.45, 7) is 3.28. The molecule has 3 rings (SSSR count). The van der Waals surface area contributed by atoms with Crippen LogP contribution in [0.15, 0.2) is 42.5 Å². The number of quaternary nitrogens is 1. The van der Waals surface area contributed by atoms with Crippen molar-refractivity contribution in [2.24, 2.45) is 0 Å². The molecule has 1 aliphatic rings. The van der Waals surface area contributed by atoms with Crippen LogP contribution in [0.4, 0.5) is 10.5 Å². The number of rotatable bonds is 18. The highest BCUT2D eigenvalue weighted by Crippen LogP contribution is 2.31. The van der Waals surface area contributed by atoms with E-state index in [1.165, 1.54) is 20.0 Å². The van der Waals surface area contributed by atoms with E-state index >= 15 is 0 Å². The largest absolute Gasteiger partial charge is 0.508 e. The summed E-state index contributed by atoms with van der Waals surface area (Å²) in [6.07, 6.45) is 5.96. The number of aliphatic hydroxyl groups excluding tert-OH is 2. The predicted octanol–water partition coefficient (Wildman–Crippen LogP) is 3.48. The number of aromatic hydroxyl groups is 1. The molecule has 2 aromatic carbocycles. The summed E-state index contributed by atoms with van der Waals surface area (Å²) in [7, 11) is 1.39. The van der Waals surface area contributed by atoms with Crippen LogP contribution < -0.4 is 9.96 Å². The van der Waals surface area contributed by atoms with Gasteiger partial charge >= 0.3 is 12.0 Å². The Kier molecular flexibility index (Phi) is 12.9. The van der Waals surface area contributed by atoms with E-state index in [0.29, 0.717) is 36.6 Å². The Bertz CT molecular complexity index is 1200. The zero-order valence-corrected chi connectivity index (χ0v) is 24.6. The first-order valence-corrected chi connectivity index (χ1v) is 14.6. The molecule has 230 valence electrons. The lowest BCUT2D eigenvalue weighted by molar-refractivity contribution is -0.168. The molecule has 0 saturated carbocycles. The molecule has 0 aliphatic carbocycles. The van der Waals surface area contributed by atoms with Crippen LogP contribution >= 0.6 is 0 Å². The molecule has 1 aliphatic heterocycles. The molecule has 42 heavy (non-hydrogen) atoms. The first-order valence-electron chi connectivity index (χ1n) is 14.6. The Morgan fingerprint density at radius 2 is 1.79 bits per heavy atom. The second-order valence-electron chi connectivity index (χ2n) is 10.6. The normalized spacial score (nSPS) is 17.6. The van der Waals surface area contributed by atoms with Crippen LogP contribution in [-0.2, 0) is 32.2 Å². The van der Waals surface area contributed by atoms with Gasteiger partial charge in [-0.2, -0.15) is 0 Å². The van der Waals surface area contributed by atoms with Crippen LogP contribution in [0.2, 0.25) is 0 Å². The summed E-state index contributed by atoms with van der Waals surface area (Å²) < 4.78 is 5.00. The molecule has 0 radical (unpaired) electrons. The zero-order chi connectivity index (χ0) is 30.5. The van der Waals surface area contributed by atoms with Crippen molar-refractivity contribution in [3.05, 3.63) is 59.2 Å². The maximum absolute atomic E-state index is 12.8. The van der Waals surface area contributed by atoms with Gasteiger partial charge in [0.2, 0.25) is 6.54 Å². The van der Waals surface area contributed by atoms with Crippen LogP contribution in [-0.4, -0.2) is 78.0 Å². The third-order valence-electron chi connectivity index (χ3n) is 7.33. The number of nitrogens with one attached hydrogen (secondary N) is 1. The van der Waals surface area contributed by atoms with Crippen LogP contribution in [0.25, 0.3) is 0 Å². The standard InChI is InChI=1S/C31H43N3O8/c1-23(36)42-34(21-30(39)33(2)31(34)40)27-12-9-11-24(18-27)10-5-8-17-41-16-7-4-3-6-15-32-20-29(38)25-13-14-28(37)26(19-25)22-35/h9,11-14,18-19,29,32,35,38H,3-8,10,15-17,20-22H2,1-2H3/p+1/t29-,34?/m1/s1. The molecule has 1 unspecified atom stereocenters. The fourth-order valence-electron chi connectivity index (χ4n) is 4.93. The molecule has 11 heteroatoms. The minimum atomic E-state index is -0.772. The molecule has 4 N–H and O–H groups in total. The summed E-state index contributed by atoms with van der Waals surface area (Å²) in [5.74, 6) is -1.01. The van der Waals surface area contributed by atoms with Gasteiger partial charge in [0, 0.05) is 51.4 Å². The zero-order valence-electron chi connectivity index (χ0n) is 24.6. The average molecular weight is 587 g/mol. The number of amides is 3. The number of hydrogen-bond donors (Lipinski definition) is 4. The van der Waals surface area contributed by atoms with Gasteiger partial charge in [-0.3, -0.25) is 9.63 Å². The SMILES string of the molecule is CC(=O)O[N+]1(c2cccc(CCCCOCCCCCCNC[C@@H](O)c3ccc(O)c(CO)c3)c2)CC(=O)N(C)C1=O. The van der Waals surface area contributed by atoms with Gasteiger partial charge in [-0.15, -0.1) is 0 Å². The monoisotopic (exact) mass is 586 g/mol. The second-order valence-corrected chi connectivity index (χ2v) is 10.6. The number of urea groups is 1. The Morgan fingerprint density at radius 1 is 1.05 bits per heavy atom. The number of carbonyl (C=O) groups excluding carboxylic acids is 3. The predicted molar refractivity (Wildman–Crippen MR) is 157 cm³/mol. The molecular weight excluding hydrogens is 542 g/mol.